The fraction of sp³-hybridized carbons (Fsp3) is 0.333. The molecule has 0 radical (unpaired) electrons. The molecular formula is C15H17NO2S. The van der Waals surface area contributed by atoms with Gasteiger partial charge in [0.1, 0.15) is 0 Å². The van der Waals surface area contributed by atoms with Crippen LogP contribution in [0.1, 0.15) is 35.5 Å². The van der Waals surface area contributed by atoms with Gasteiger partial charge in [0.2, 0.25) is 0 Å². The summed E-state index contributed by atoms with van der Waals surface area (Å²) in [4.78, 5) is 17.7. The van der Waals surface area contributed by atoms with Gasteiger partial charge in [-0.05, 0) is 43.3 Å². The number of esters is 1. The molecule has 0 unspecified atom stereocenters. The van der Waals surface area contributed by atoms with E-state index in [0.717, 1.165) is 21.8 Å². The quantitative estimate of drug-likeness (QED) is 0.795. The van der Waals surface area contributed by atoms with Gasteiger partial charge in [-0.1, -0.05) is 13.0 Å². The molecule has 0 bridgehead atoms. The molecule has 4 heteroatoms. The van der Waals surface area contributed by atoms with E-state index < -0.39 is 0 Å². The topological polar surface area (TPSA) is 39.2 Å². The molecule has 0 aliphatic carbocycles. The maximum atomic E-state index is 11.9. The summed E-state index contributed by atoms with van der Waals surface area (Å²) in [5.74, 6) is -0.285. The molecule has 3 nitrogen and oxygen atoms in total. The van der Waals surface area contributed by atoms with Crippen molar-refractivity contribution in [3.63, 3.8) is 0 Å². The van der Waals surface area contributed by atoms with Crippen molar-refractivity contribution in [3.05, 3.63) is 40.4 Å². The molecule has 0 aromatic carbocycles. The number of thiophene rings is 1. The smallest absolute Gasteiger partial charge is 0.339 e. The van der Waals surface area contributed by atoms with Gasteiger partial charge in [-0.2, -0.15) is 0 Å². The average Bonchev–Trinajstić information content (AvgIpc) is 2.92. The lowest BCUT2D eigenvalue weighted by Gasteiger charge is -2.11. The third kappa shape index (κ3) is 2.84. The van der Waals surface area contributed by atoms with E-state index in [1.54, 1.807) is 11.3 Å². The van der Waals surface area contributed by atoms with Gasteiger partial charge in [0, 0.05) is 0 Å². The number of aromatic nitrogens is 1. The molecule has 0 N–H and O–H groups in total. The summed E-state index contributed by atoms with van der Waals surface area (Å²) in [6, 6.07) is 5.94. The lowest BCUT2D eigenvalue weighted by Crippen LogP contribution is -2.10. The van der Waals surface area contributed by atoms with Crippen LogP contribution in [0.3, 0.4) is 0 Å². The summed E-state index contributed by atoms with van der Waals surface area (Å²) in [5, 5.41) is 2.03. The minimum atomic E-state index is -0.285. The zero-order valence-electron chi connectivity index (χ0n) is 11.4. The second-order valence-corrected chi connectivity index (χ2v) is 5.15. The van der Waals surface area contributed by atoms with E-state index in [4.69, 9.17) is 4.74 Å². The normalized spacial score (nSPS) is 10.5. The number of hydrogen-bond acceptors (Lipinski definition) is 4. The average molecular weight is 275 g/mol. The Morgan fingerprint density at radius 1 is 1.42 bits per heavy atom. The van der Waals surface area contributed by atoms with Gasteiger partial charge in [-0.25, -0.2) is 4.79 Å². The number of nitrogens with zero attached hydrogens (tertiary/aromatic N) is 1. The predicted molar refractivity (Wildman–Crippen MR) is 77.6 cm³/mol. The van der Waals surface area contributed by atoms with Crippen LogP contribution in [0.15, 0.2) is 23.6 Å². The maximum Gasteiger partial charge on any atom is 0.339 e. The molecule has 0 atom stereocenters. The van der Waals surface area contributed by atoms with Crippen LogP contribution in [0.25, 0.3) is 10.6 Å². The zero-order chi connectivity index (χ0) is 13.8. The minimum Gasteiger partial charge on any atom is -0.462 e. The number of aryl methyl sites for hydroxylation is 2. The van der Waals surface area contributed by atoms with E-state index in [9.17, 15) is 4.79 Å². The molecule has 2 rings (SSSR count). The van der Waals surface area contributed by atoms with E-state index >= 15 is 0 Å². The lowest BCUT2D eigenvalue weighted by molar-refractivity contribution is 0.0524. The first-order valence-corrected chi connectivity index (χ1v) is 7.26. The van der Waals surface area contributed by atoms with Crippen LogP contribution in [0, 0.1) is 6.92 Å². The first kappa shape index (κ1) is 13.7. The van der Waals surface area contributed by atoms with Crippen LogP contribution in [0.2, 0.25) is 0 Å². The molecule has 0 amide bonds. The van der Waals surface area contributed by atoms with Crippen molar-refractivity contribution < 1.29 is 9.53 Å². The molecule has 100 valence electrons. The molecule has 0 spiro atoms. The fourth-order valence-corrected chi connectivity index (χ4v) is 2.75. The van der Waals surface area contributed by atoms with Crippen molar-refractivity contribution in [1.29, 1.82) is 0 Å². The standard InChI is InChI=1S/C15H17NO2S/c1-4-12-11(15(17)18-5-2)9-10(3)14(16-12)13-7-6-8-19-13/h6-9H,4-5H2,1-3H3. The molecule has 0 saturated heterocycles. The van der Waals surface area contributed by atoms with Gasteiger partial charge in [-0.15, -0.1) is 11.3 Å². The third-order valence-electron chi connectivity index (χ3n) is 2.88. The molecule has 0 aliphatic heterocycles. The molecule has 2 heterocycles. The highest BCUT2D eigenvalue weighted by Gasteiger charge is 2.16. The number of hydrogen-bond donors (Lipinski definition) is 0. The first-order valence-electron chi connectivity index (χ1n) is 6.38. The van der Waals surface area contributed by atoms with E-state index in [-0.39, 0.29) is 5.97 Å². The number of carbonyl (C=O) groups is 1. The summed E-state index contributed by atoms with van der Waals surface area (Å²) in [5.41, 5.74) is 3.34. The van der Waals surface area contributed by atoms with Gasteiger partial charge < -0.3 is 4.74 Å². The Morgan fingerprint density at radius 3 is 2.79 bits per heavy atom. The highest BCUT2D eigenvalue weighted by Crippen LogP contribution is 2.28. The Kier molecular flexibility index (Phi) is 4.32. The molecule has 2 aromatic heterocycles. The van der Waals surface area contributed by atoms with Crippen LogP contribution < -0.4 is 0 Å². The third-order valence-corrected chi connectivity index (χ3v) is 3.75. The number of ether oxygens (including phenoxy) is 1. The molecule has 2 aromatic rings. The van der Waals surface area contributed by atoms with Crippen LogP contribution in [-0.2, 0) is 11.2 Å². The molecule has 0 saturated carbocycles. The summed E-state index contributed by atoms with van der Waals surface area (Å²) < 4.78 is 5.08. The Labute approximate surface area is 117 Å². The van der Waals surface area contributed by atoms with E-state index in [1.165, 1.54) is 0 Å². The first-order chi connectivity index (χ1) is 9.17. The summed E-state index contributed by atoms with van der Waals surface area (Å²) in [6.45, 7) is 6.17. The van der Waals surface area contributed by atoms with Crippen LogP contribution >= 0.6 is 11.3 Å². The molecular weight excluding hydrogens is 258 g/mol. The maximum absolute atomic E-state index is 11.9. The van der Waals surface area contributed by atoms with Crippen molar-refractivity contribution in [2.45, 2.75) is 27.2 Å². The van der Waals surface area contributed by atoms with Gasteiger partial charge >= 0.3 is 5.97 Å². The Balaban J connectivity index is 2.49. The van der Waals surface area contributed by atoms with Crippen LogP contribution in [-0.4, -0.2) is 17.6 Å². The van der Waals surface area contributed by atoms with Gasteiger partial charge in [0.05, 0.1) is 28.4 Å². The number of carbonyl (C=O) groups excluding carboxylic acids is 1. The van der Waals surface area contributed by atoms with Gasteiger partial charge in [0.25, 0.3) is 0 Å². The van der Waals surface area contributed by atoms with Crippen molar-refractivity contribution in [1.82, 2.24) is 4.98 Å². The van der Waals surface area contributed by atoms with E-state index in [2.05, 4.69) is 4.98 Å². The Hall–Kier alpha value is -1.68. The Bertz CT molecular complexity index is 576. The second-order valence-electron chi connectivity index (χ2n) is 4.20. The van der Waals surface area contributed by atoms with E-state index in [1.807, 2.05) is 44.4 Å². The summed E-state index contributed by atoms with van der Waals surface area (Å²) in [7, 11) is 0. The van der Waals surface area contributed by atoms with Crippen molar-refractivity contribution in [2.75, 3.05) is 6.61 Å². The largest absolute Gasteiger partial charge is 0.462 e. The molecule has 0 aliphatic rings. The lowest BCUT2D eigenvalue weighted by atomic mass is 10.1. The highest BCUT2D eigenvalue weighted by molar-refractivity contribution is 7.13. The SMILES string of the molecule is CCOC(=O)c1cc(C)c(-c2cccs2)nc1CC. The minimum absolute atomic E-state index is 0.285. The van der Waals surface area contributed by atoms with Crippen molar-refractivity contribution >= 4 is 17.3 Å². The fourth-order valence-electron chi connectivity index (χ4n) is 1.97. The number of pyridine rings is 1. The Morgan fingerprint density at radius 2 is 2.21 bits per heavy atom. The zero-order valence-corrected chi connectivity index (χ0v) is 12.2. The molecule has 0 fully saturated rings. The van der Waals surface area contributed by atoms with E-state index in [0.29, 0.717) is 18.6 Å². The van der Waals surface area contributed by atoms with Crippen molar-refractivity contribution in [3.8, 4) is 10.6 Å². The van der Waals surface area contributed by atoms with Gasteiger partial charge in [-0.3, -0.25) is 4.98 Å². The monoisotopic (exact) mass is 275 g/mol. The molecule has 19 heavy (non-hydrogen) atoms. The highest BCUT2D eigenvalue weighted by atomic mass is 32.1. The van der Waals surface area contributed by atoms with Crippen LogP contribution in [0.5, 0.6) is 0 Å². The van der Waals surface area contributed by atoms with Gasteiger partial charge in [0.15, 0.2) is 0 Å². The predicted octanol–water partition coefficient (Wildman–Crippen LogP) is 3.86. The summed E-state index contributed by atoms with van der Waals surface area (Å²) >= 11 is 1.66. The van der Waals surface area contributed by atoms with Crippen molar-refractivity contribution in [2.24, 2.45) is 0 Å². The van der Waals surface area contributed by atoms with Crippen LogP contribution in [0.4, 0.5) is 0 Å². The number of rotatable bonds is 4. The second kappa shape index (κ2) is 5.97. The summed E-state index contributed by atoms with van der Waals surface area (Å²) in [6.07, 6.45) is 0.715.